The van der Waals surface area contributed by atoms with E-state index in [4.69, 9.17) is 4.42 Å². The highest BCUT2D eigenvalue weighted by Gasteiger charge is 2.30. The maximum Gasteiger partial charge on any atom is 0.416 e. The summed E-state index contributed by atoms with van der Waals surface area (Å²) in [6, 6.07) is 15.7. The highest BCUT2D eigenvalue weighted by molar-refractivity contribution is 9.10. The van der Waals surface area contributed by atoms with Gasteiger partial charge in [-0.3, -0.25) is 4.99 Å². The standard InChI is InChI=1S/C18H11BrF3NO/c19-14-4-6-15(7-5-14)23-11-16-8-9-17(24-16)12-2-1-3-13(10-12)18(20,21)22/h1-11H. The molecule has 0 N–H and O–H groups in total. The molecule has 24 heavy (non-hydrogen) atoms. The van der Waals surface area contributed by atoms with Crippen LogP contribution in [0.2, 0.25) is 0 Å². The minimum absolute atomic E-state index is 0.360. The first-order chi connectivity index (χ1) is 11.4. The SMILES string of the molecule is FC(F)(F)c1cccc(-c2ccc(C=Nc3ccc(Br)cc3)o2)c1. The molecule has 122 valence electrons. The molecule has 0 bridgehead atoms. The molecule has 0 aliphatic heterocycles. The Morgan fingerprint density at radius 3 is 2.42 bits per heavy atom. The lowest BCUT2D eigenvalue weighted by molar-refractivity contribution is -0.137. The van der Waals surface area contributed by atoms with E-state index in [1.54, 1.807) is 18.2 Å². The van der Waals surface area contributed by atoms with Crippen LogP contribution in [0, 0.1) is 0 Å². The third-order valence-corrected chi connectivity index (χ3v) is 3.80. The molecule has 2 aromatic carbocycles. The lowest BCUT2D eigenvalue weighted by Crippen LogP contribution is -2.04. The summed E-state index contributed by atoms with van der Waals surface area (Å²) >= 11 is 3.34. The van der Waals surface area contributed by atoms with Crippen LogP contribution in [-0.4, -0.2) is 6.21 Å². The van der Waals surface area contributed by atoms with Crippen molar-refractivity contribution in [1.82, 2.24) is 0 Å². The number of nitrogens with zero attached hydrogens (tertiary/aromatic N) is 1. The van der Waals surface area contributed by atoms with Crippen LogP contribution < -0.4 is 0 Å². The van der Waals surface area contributed by atoms with E-state index in [0.717, 1.165) is 22.3 Å². The van der Waals surface area contributed by atoms with Crippen molar-refractivity contribution in [2.24, 2.45) is 4.99 Å². The van der Waals surface area contributed by atoms with Crippen molar-refractivity contribution in [3.05, 3.63) is 76.5 Å². The number of benzene rings is 2. The van der Waals surface area contributed by atoms with Crippen LogP contribution in [0.1, 0.15) is 11.3 Å². The van der Waals surface area contributed by atoms with Crippen molar-refractivity contribution in [2.75, 3.05) is 0 Å². The maximum absolute atomic E-state index is 12.8. The summed E-state index contributed by atoms with van der Waals surface area (Å²) in [5, 5.41) is 0. The third kappa shape index (κ3) is 3.94. The Morgan fingerprint density at radius 2 is 1.71 bits per heavy atom. The second kappa shape index (κ2) is 6.65. The molecule has 1 heterocycles. The number of rotatable bonds is 3. The van der Waals surface area contributed by atoms with Crippen LogP contribution in [-0.2, 0) is 6.18 Å². The molecule has 0 fully saturated rings. The molecule has 1 aromatic heterocycles. The van der Waals surface area contributed by atoms with E-state index in [9.17, 15) is 13.2 Å². The molecule has 6 heteroatoms. The predicted octanol–water partition coefficient (Wildman–Crippen LogP) is 6.48. The Balaban J connectivity index is 1.82. The highest BCUT2D eigenvalue weighted by atomic mass is 79.9. The monoisotopic (exact) mass is 393 g/mol. The lowest BCUT2D eigenvalue weighted by atomic mass is 10.1. The summed E-state index contributed by atoms with van der Waals surface area (Å²) < 4.78 is 44.8. The van der Waals surface area contributed by atoms with Gasteiger partial charge in [0.2, 0.25) is 0 Å². The molecule has 0 amide bonds. The molecule has 0 saturated carbocycles. The fourth-order valence-electron chi connectivity index (χ4n) is 2.09. The average molecular weight is 394 g/mol. The van der Waals surface area contributed by atoms with Crippen LogP contribution in [0.4, 0.5) is 18.9 Å². The number of alkyl halides is 3. The fraction of sp³-hybridized carbons (Fsp3) is 0.0556. The second-order valence-electron chi connectivity index (χ2n) is 5.02. The first-order valence-electron chi connectivity index (χ1n) is 6.99. The molecule has 0 spiro atoms. The number of furan rings is 1. The molecule has 0 aliphatic rings. The summed E-state index contributed by atoms with van der Waals surface area (Å²) in [7, 11) is 0. The predicted molar refractivity (Wildman–Crippen MR) is 90.5 cm³/mol. The summed E-state index contributed by atoms with van der Waals surface area (Å²) in [6.07, 6.45) is -2.85. The zero-order valence-corrected chi connectivity index (χ0v) is 13.8. The Hall–Kier alpha value is -2.34. The van der Waals surface area contributed by atoms with Crippen LogP contribution in [0.25, 0.3) is 11.3 Å². The minimum atomic E-state index is -4.38. The van der Waals surface area contributed by atoms with Gasteiger partial charge in [0.15, 0.2) is 0 Å². The first-order valence-corrected chi connectivity index (χ1v) is 7.78. The second-order valence-corrected chi connectivity index (χ2v) is 5.93. The Kier molecular flexibility index (Phi) is 4.57. The third-order valence-electron chi connectivity index (χ3n) is 3.27. The molecule has 0 radical (unpaired) electrons. The van der Waals surface area contributed by atoms with Gasteiger partial charge in [0.05, 0.1) is 17.5 Å². The van der Waals surface area contributed by atoms with Crippen LogP contribution in [0.3, 0.4) is 0 Å². The lowest BCUT2D eigenvalue weighted by Gasteiger charge is -2.07. The molecule has 0 atom stereocenters. The molecule has 0 aliphatic carbocycles. The van der Waals surface area contributed by atoms with Crippen LogP contribution in [0.15, 0.2) is 74.5 Å². The van der Waals surface area contributed by atoms with Gasteiger partial charge in [0, 0.05) is 10.0 Å². The summed E-state index contributed by atoms with van der Waals surface area (Å²) in [6.45, 7) is 0. The van der Waals surface area contributed by atoms with E-state index in [-0.39, 0.29) is 0 Å². The number of halogens is 4. The maximum atomic E-state index is 12.8. The smallest absolute Gasteiger partial charge is 0.416 e. The molecular weight excluding hydrogens is 383 g/mol. The topological polar surface area (TPSA) is 25.5 Å². The van der Waals surface area contributed by atoms with E-state index in [1.165, 1.54) is 12.3 Å². The zero-order valence-electron chi connectivity index (χ0n) is 12.2. The largest absolute Gasteiger partial charge is 0.455 e. The summed E-state index contributed by atoms with van der Waals surface area (Å²) in [5.41, 5.74) is 0.407. The van der Waals surface area contributed by atoms with Crippen molar-refractivity contribution in [3.63, 3.8) is 0 Å². The van der Waals surface area contributed by atoms with E-state index >= 15 is 0 Å². The normalized spacial score (nSPS) is 12.0. The van der Waals surface area contributed by atoms with Crippen molar-refractivity contribution in [3.8, 4) is 11.3 Å². The van der Waals surface area contributed by atoms with Gasteiger partial charge in [-0.05, 0) is 48.5 Å². The Bertz CT molecular complexity index is 866. The van der Waals surface area contributed by atoms with Gasteiger partial charge in [-0.1, -0.05) is 28.1 Å². The molecule has 2 nitrogen and oxygen atoms in total. The van der Waals surface area contributed by atoms with Gasteiger partial charge >= 0.3 is 6.18 Å². The van der Waals surface area contributed by atoms with E-state index in [0.29, 0.717) is 17.1 Å². The first kappa shape index (κ1) is 16.5. The van der Waals surface area contributed by atoms with Gasteiger partial charge in [-0.25, -0.2) is 0 Å². The molecule has 0 unspecified atom stereocenters. The van der Waals surface area contributed by atoms with Gasteiger partial charge in [0.1, 0.15) is 11.5 Å². The van der Waals surface area contributed by atoms with Crippen molar-refractivity contribution in [2.45, 2.75) is 6.18 Å². The zero-order chi connectivity index (χ0) is 17.2. The quantitative estimate of drug-likeness (QED) is 0.467. The van der Waals surface area contributed by atoms with Crippen molar-refractivity contribution >= 4 is 27.8 Å². The molecule has 0 saturated heterocycles. The van der Waals surface area contributed by atoms with Gasteiger partial charge < -0.3 is 4.42 Å². The van der Waals surface area contributed by atoms with Gasteiger partial charge in [0.25, 0.3) is 0 Å². The summed E-state index contributed by atoms with van der Waals surface area (Å²) in [4.78, 5) is 4.26. The van der Waals surface area contributed by atoms with Gasteiger partial charge in [-0.15, -0.1) is 0 Å². The van der Waals surface area contributed by atoms with Crippen LogP contribution in [0.5, 0.6) is 0 Å². The van der Waals surface area contributed by atoms with E-state index in [2.05, 4.69) is 20.9 Å². The fourth-order valence-corrected chi connectivity index (χ4v) is 2.36. The summed E-state index contributed by atoms with van der Waals surface area (Å²) in [5.74, 6) is 0.823. The van der Waals surface area contributed by atoms with E-state index < -0.39 is 11.7 Å². The van der Waals surface area contributed by atoms with Crippen LogP contribution >= 0.6 is 15.9 Å². The highest BCUT2D eigenvalue weighted by Crippen LogP contribution is 2.32. The Morgan fingerprint density at radius 1 is 0.958 bits per heavy atom. The van der Waals surface area contributed by atoms with Gasteiger partial charge in [-0.2, -0.15) is 13.2 Å². The van der Waals surface area contributed by atoms with Crippen molar-refractivity contribution in [1.29, 1.82) is 0 Å². The number of hydrogen-bond acceptors (Lipinski definition) is 2. The minimum Gasteiger partial charge on any atom is -0.455 e. The van der Waals surface area contributed by atoms with Crippen molar-refractivity contribution < 1.29 is 17.6 Å². The van der Waals surface area contributed by atoms with E-state index in [1.807, 2.05) is 24.3 Å². The average Bonchev–Trinajstić information content (AvgIpc) is 3.03. The number of aliphatic imine (C=N–C) groups is 1. The number of hydrogen-bond donors (Lipinski definition) is 0. The molecule has 3 aromatic rings. The molecular formula is C18H11BrF3NO. The Labute approximate surface area is 144 Å². The molecule has 3 rings (SSSR count).